The van der Waals surface area contributed by atoms with Crippen molar-refractivity contribution in [2.75, 3.05) is 0 Å². The predicted molar refractivity (Wildman–Crippen MR) is 40.7 cm³/mol. The highest BCUT2D eigenvalue weighted by molar-refractivity contribution is 5.78. The Hall–Kier alpha value is -1.31. The predicted octanol–water partition coefficient (Wildman–Crippen LogP) is 1.76. The molecule has 0 unspecified atom stereocenters. The van der Waals surface area contributed by atoms with Crippen LogP contribution < -0.4 is 0 Å². The molecule has 0 aliphatic heterocycles. The zero-order valence-corrected chi connectivity index (χ0v) is 5.92. The first-order chi connectivity index (χ1) is 4.57. The summed E-state index contributed by atoms with van der Waals surface area (Å²) >= 11 is 0. The number of allylic oxidation sites excluding steroid dienone is 3. The largest absolute Gasteiger partial charge is 0.507 e. The van der Waals surface area contributed by atoms with E-state index in [1.54, 1.807) is 6.92 Å². The van der Waals surface area contributed by atoms with E-state index in [2.05, 4.69) is 13.2 Å². The number of carbonyl (C=O) groups is 1. The van der Waals surface area contributed by atoms with Gasteiger partial charge in [0, 0.05) is 5.57 Å². The van der Waals surface area contributed by atoms with Crippen LogP contribution in [0.5, 0.6) is 0 Å². The second kappa shape index (κ2) is 3.67. The normalized spacial score (nSPS) is 10.7. The number of aliphatic hydroxyl groups excluding tert-OH is 1. The molecule has 0 fully saturated rings. The second-order valence-corrected chi connectivity index (χ2v) is 2.02. The van der Waals surface area contributed by atoms with Crippen molar-refractivity contribution in [3.8, 4) is 0 Å². The first-order valence-electron chi connectivity index (χ1n) is 2.78. The van der Waals surface area contributed by atoms with E-state index in [0.29, 0.717) is 11.9 Å². The maximum Gasteiger partial charge on any atom is 0.153 e. The van der Waals surface area contributed by atoms with E-state index in [4.69, 9.17) is 5.11 Å². The Labute approximate surface area is 60.2 Å². The number of hydrogen-bond donors (Lipinski definition) is 1. The van der Waals surface area contributed by atoms with Crippen molar-refractivity contribution in [1.29, 1.82) is 0 Å². The van der Waals surface area contributed by atoms with E-state index >= 15 is 0 Å². The third-order valence-corrected chi connectivity index (χ3v) is 0.854. The van der Waals surface area contributed by atoms with Crippen molar-refractivity contribution in [2.45, 2.75) is 6.92 Å². The molecule has 2 nitrogen and oxygen atoms in total. The van der Waals surface area contributed by atoms with E-state index < -0.39 is 0 Å². The molecule has 54 valence electrons. The Bertz CT molecular complexity index is 199. The van der Waals surface area contributed by atoms with Gasteiger partial charge in [-0.1, -0.05) is 18.7 Å². The fourth-order valence-corrected chi connectivity index (χ4v) is 0.386. The second-order valence-electron chi connectivity index (χ2n) is 2.02. The molecule has 0 spiro atoms. The summed E-state index contributed by atoms with van der Waals surface area (Å²) in [5, 5.41) is 8.96. The lowest BCUT2D eigenvalue weighted by atomic mass is 10.2. The lowest BCUT2D eigenvalue weighted by Gasteiger charge is -1.94. The maximum absolute atomic E-state index is 10.00. The van der Waals surface area contributed by atoms with Crippen LogP contribution in [0.1, 0.15) is 6.92 Å². The van der Waals surface area contributed by atoms with Gasteiger partial charge in [0.15, 0.2) is 6.29 Å². The molecule has 0 amide bonds. The zero-order valence-electron chi connectivity index (χ0n) is 5.92. The van der Waals surface area contributed by atoms with Gasteiger partial charge in [0.2, 0.25) is 0 Å². The quantitative estimate of drug-likeness (QED) is 0.279. The third-order valence-electron chi connectivity index (χ3n) is 0.854. The molecule has 0 aliphatic carbocycles. The summed E-state index contributed by atoms with van der Waals surface area (Å²) in [6, 6.07) is 0. The van der Waals surface area contributed by atoms with Gasteiger partial charge in [-0.2, -0.15) is 0 Å². The molecule has 10 heavy (non-hydrogen) atoms. The average molecular weight is 138 g/mol. The molecule has 0 radical (unpaired) electrons. The average Bonchev–Trinajstić information content (AvgIpc) is 1.85. The van der Waals surface area contributed by atoms with Crippen LogP contribution in [-0.2, 0) is 4.79 Å². The molecule has 0 rings (SSSR count). The van der Waals surface area contributed by atoms with Gasteiger partial charge in [-0.3, -0.25) is 4.79 Å². The van der Waals surface area contributed by atoms with Crippen LogP contribution in [0, 0.1) is 0 Å². The smallest absolute Gasteiger partial charge is 0.153 e. The Kier molecular flexibility index (Phi) is 3.19. The Morgan fingerprint density at radius 3 is 2.30 bits per heavy atom. The molecule has 0 aromatic heterocycles. The van der Waals surface area contributed by atoms with Crippen LogP contribution in [0.25, 0.3) is 0 Å². The van der Waals surface area contributed by atoms with E-state index in [1.807, 2.05) is 0 Å². The van der Waals surface area contributed by atoms with Gasteiger partial charge >= 0.3 is 0 Å². The summed E-state index contributed by atoms with van der Waals surface area (Å²) in [5.74, 6) is -0.123. The first-order valence-corrected chi connectivity index (χ1v) is 2.78. The van der Waals surface area contributed by atoms with E-state index in [0.717, 1.165) is 0 Å². The topological polar surface area (TPSA) is 37.3 Å². The number of aldehydes is 1. The van der Waals surface area contributed by atoms with E-state index in [1.165, 1.54) is 6.08 Å². The van der Waals surface area contributed by atoms with Crippen molar-refractivity contribution in [2.24, 2.45) is 0 Å². The van der Waals surface area contributed by atoms with Crippen LogP contribution in [0.15, 0.2) is 36.1 Å². The summed E-state index contributed by atoms with van der Waals surface area (Å²) in [6.07, 6.45) is 1.88. The SMILES string of the molecule is C=C(C)/C=C(/O)C(=C)C=O. The van der Waals surface area contributed by atoms with Crippen LogP contribution in [0.2, 0.25) is 0 Å². The first kappa shape index (κ1) is 8.69. The summed E-state index contributed by atoms with van der Waals surface area (Å²) in [6.45, 7) is 8.53. The van der Waals surface area contributed by atoms with Crippen LogP contribution in [0.3, 0.4) is 0 Å². The Morgan fingerprint density at radius 2 is 2.00 bits per heavy atom. The minimum atomic E-state index is -0.123. The molecule has 0 saturated carbocycles. The monoisotopic (exact) mass is 138 g/mol. The number of carbonyl (C=O) groups excluding carboxylic acids is 1. The number of rotatable bonds is 3. The third kappa shape index (κ3) is 2.87. The van der Waals surface area contributed by atoms with Gasteiger partial charge in [0.05, 0.1) is 0 Å². The summed E-state index contributed by atoms with van der Waals surface area (Å²) in [7, 11) is 0. The van der Waals surface area contributed by atoms with Crippen LogP contribution in [0.4, 0.5) is 0 Å². The highest BCUT2D eigenvalue weighted by atomic mass is 16.3. The molecule has 0 aromatic rings. The lowest BCUT2D eigenvalue weighted by Crippen LogP contribution is -1.87. The van der Waals surface area contributed by atoms with Crippen molar-refractivity contribution < 1.29 is 9.90 Å². The Morgan fingerprint density at radius 1 is 1.50 bits per heavy atom. The Balaban J connectivity index is 4.33. The summed E-state index contributed by atoms with van der Waals surface area (Å²) < 4.78 is 0. The van der Waals surface area contributed by atoms with Crippen molar-refractivity contribution >= 4 is 6.29 Å². The molecule has 0 heterocycles. The van der Waals surface area contributed by atoms with Gasteiger partial charge in [0.25, 0.3) is 0 Å². The van der Waals surface area contributed by atoms with Crippen molar-refractivity contribution in [1.82, 2.24) is 0 Å². The standard InChI is InChI=1S/C8H10O2/c1-6(2)4-8(10)7(3)5-9/h4-5,10H,1,3H2,2H3/b8-4+. The van der Waals surface area contributed by atoms with Crippen molar-refractivity contribution in [3.63, 3.8) is 0 Å². The zero-order chi connectivity index (χ0) is 8.15. The molecule has 0 aromatic carbocycles. The van der Waals surface area contributed by atoms with Crippen LogP contribution >= 0.6 is 0 Å². The lowest BCUT2D eigenvalue weighted by molar-refractivity contribution is -0.104. The van der Waals surface area contributed by atoms with Crippen molar-refractivity contribution in [3.05, 3.63) is 36.1 Å². The molecule has 0 bridgehead atoms. The molecule has 0 atom stereocenters. The van der Waals surface area contributed by atoms with Gasteiger partial charge < -0.3 is 5.11 Å². The van der Waals surface area contributed by atoms with Gasteiger partial charge in [-0.25, -0.2) is 0 Å². The molecule has 2 heteroatoms. The maximum atomic E-state index is 10.00. The van der Waals surface area contributed by atoms with Gasteiger partial charge in [-0.05, 0) is 13.0 Å². The minimum absolute atomic E-state index is 0.0722. The molecule has 0 aliphatic rings. The van der Waals surface area contributed by atoms with Gasteiger partial charge in [0.1, 0.15) is 5.76 Å². The molecular weight excluding hydrogens is 128 g/mol. The van der Waals surface area contributed by atoms with E-state index in [-0.39, 0.29) is 11.3 Å². The van der Waals surface area contributed by atoms with Gasteiger partial charge in [-0.15, -0.1) is 0 Å². The summed E-state index contributed by atoms with van der Waals surface area (Å²) in [4.78, 5) is 10.00. The highest BCUT2D eigenvalue weighted by Gasteiger charge is 1.95. The van der Waals surface area contributed by atoms with Crippen LogP contribution in [-0.4, -0.2) is 11.4 Å². The molecule has 1 N–H and O–H groups in total. The minimum Gasteiger partial charge on any atom is -0.507 e. The number of hydrogen-bond acceptors (Lipinski definition) is 2. The highest BCUT2D eigenvalue weighted by Crippen LogP contribution is 2.03. The fourth-order valence-electron chi connectivity index (χ4n) is 0.386. The van der Waals surface area contributed by atoms with E-state index in [9.17, 15) is 4.79 Å². The fraction of sp³-hybridized carbons (Fsp3) is 0.125. The molecule has 0 saturated heterocycles. The molecular formula is C8H10O2. The summed E-state index contributed by atoms with van der Waals surface area (Å²) in [5.41, 5.74) is 0.753. The number of aliphatic hydroxyl groups is 1.